The fourth-order valence-corrected chi connectivity index (χ4v) is 3.29. The van der Waals surface area contributed by atoms with E-state index in [2.05, 4.69) is 36.1 Å². The molecule has 0 spiro atoms. The van der Waals surface area contributed by atoms with Crippen molar-refractivity contribution in [2.75, 3.05) is 5.32 Å². The van der Waals surface area contributed by atoms with E-state index in [1.165, 1.54) is 0 Å². The summed E-state index contributed by atoms with van der Waals surface area (Å²) in [5, 5.41) is 13.0. The molecule has 0 amide bonds. The lowest BCUT2D eigenvalue weighted by Gasteiger charge is -2.16. The van der Waals surface area contributed by atoms with Gasteiger partial charge in [0, 0.05) is 30.0 Å². The molecule has 29 heavy (non-hydrogen) atoms. The number of imidazole rings is 1. The summed E-state index contributed by atoms with van der Waals surface area (Å²) in [4.78, 5) is 18.3. The van der Waals surface area contributed by atoms with E-state index in [9.17, 15) is 5.11 Å². The van der Waals surface area contributed by atoms with Crippen LogP contribution < -0.4 is 5.32 Å². The molecule has 0 bridgehead atoms. The zero-order valence-electron chi connectivity index (χ0n) is 16.7. The summed E-state index contributed by atoms with van der Waals surface area (Å²) in [6.45, 7) is 6.31. The summed E-state index contributed by atoms with van der Waals surface area (Å²) >= 11 is 0. The van der Waals surface area contributed by atoms with Crippen LogP contribution in [0.2, 0.25) is 0 Å². The fourth-order valence-electron chi connectivity index (χ4n) is 3.29. The first kappa shape index (κ1) is 18.9. The molecule has 0 aliphatic rings. The molecule has 3 aromatic heterocycles. The average molecular weight is 388 g/mol. The molecule has 0 fully saturated rings. The van der Waals surface area contributed by atoms with Gasteiger partial charge in [-0.3, -0.25) is 4.98 Å². The van der Waals surface area contributed by atoms with E-state index in [1.54, 1.807) is 24.5 Å². The maximum Gasteiger partial charge on any atom is 0.166 e. The Morgan fingerprint density at radius 2 is 1.86 bits per heavy atom. The molecule has 0 aliphatic heterocycles. The first-order valence-electron chi connectivity index (χ1n) is 9.70. The standard InChI is InChI=1S/C22H24N6O/c1-14(2)28-13-24-19-21(25-15(3)11-16-6-8-18(29)9-7-16)26-20(27-22(19)28)17-5-4-10-23-12-17/h4-10,12-15,29H,11H2,1-3H3,(H,25,26,27). The first-order chi connectivity index (χ1) is 14.0. The largest absolute Gasteiger partial charge is 0.508 e. The average Bonchev–Trinajstić information content (AvgIpc) is 3.15. The van der Waals surface area contributed by atoms with Gasteiger partial charge in [-0.15, -0.1) is 0 Å². The van der Waals surface area contributed by atoms with E-state index in [-0.39, 0.29) is 17.8 Å². The van der Waals surface area contributed by atoms with Gasteiger partial charge >= 0.3 is 0 Å². The third-order valence-electron chi connectivity index (χ3n) is 4.76. The Morgan fingerprint density at radius 1 is 1.07 bits per heavy atom. The highest BCUT2D eigenvalue weighted by atomic mass is 16.3. The van der Waals surface area contributed by atoms with Crippen LogP contribution in [0.4, 0.5) is 5.82 Å². The molecule has 1 unspecified atom stereocenters. The fraction of sp³-hybridized carbons (Fsp3) is 0.273. The van der Waals surface area contributed by atoms with Crippen LogP contribution in [0.15, 0.2) is 55.1 Å². The molecule has 0 aliphatic carbocycles. The van der Waals surface area contributed by atoms with Crippen molar-refractivity contribution < 1.29 is 5.11 Å². The van der Waals surface area contributed by atoms with E-state index in [4.69, 9.17) is 9.97 Å². The zero-order valence-corrected chi connectivity index (χ0v) is 16.7. The summed E-state index contributed by atoms with van der Waals surface area (Å²) in [5.74, 6) is 1.60. The van der Waals surface area contributed by atoms with Gasteiger partial charge in [0.2, 0.25) is 0 Å². The Morgan fingerprint density at radius 3 is 2.55 bits per heavy atom. The summed E-state index contributed by atoms with van der Waals surface area (Å²) in [7, 11) is 0. The van der Waals surface area contributed by atoms with Crippen LogP contribution in [0.1, 0.15) is 32.4 Å². The lowest BCUT2D eigenvalue weighted by atomic mass is 10.1. The number of nitrogens with zero attached hydrogens (tertiary/aromatic N) is 5. The zero-order chi connectivity index (χ0) is 20.4. The van der Waals surface area contributed by atoms with Crippen molar-refractivity contribution >= 4 is 17.0 Å². The number of benzene rings is 1. The smallest absolute Gasteiger partial charge is 0.166 e. The normalized spacial score (nSPS) is 12.4. The van der Waals surface area contributed by atoms with Gasteiger partial charge in [-0.05, 0) is 57.0 Å². The number of hydrogen-bond acceptors (Lipinski definition) is 6. The molecule has 7 heteroatoms. The van der Waals surface area contributed by atoms with Crippen molar-refractivity contribution in [2.45, 2.75) is 39.3 Å². The number of pyridine rings is 1. The molecule has 1 aromatic carbocycles. The lowest BCUT2D eigenvalue weighted by molar-refractivity contribution is 0.475. The van der Waals surface area contributed by atoms with Crippen LogP contribution in [0.5, 0.6) is 5.75 Å². The number of phenolic OH excluding ortho intramolecular Hbond substituents is 1. The molecule has 3 heterocycles. The van der Waals surface area contributed by atoms with Crippen molar-refractivity contribution in [1.29, 1.82) is 0 Å². The number of nitrogens with one attached hydrogen (secondary N) is 1. The Balaban J connectivity index is 1.71. The summed E-state index contributed by atoms with van der Waals surface area (Å²) in [6, 6.07) is 11.4. The number of aromatic nitrogens is 5. The lowest BCUT2D eigenvalue weighted by Crippen LogP contribution is -2.19. The van der Waals surface area contributed by atoms with E-state index in [1.807, 2.05) is 35.2 Å². The predicted octanol–water partition coefficient (Wildman–Crippen LogP) is 4.22. The topological polar surface area (TPSA) is 88.8 Å². The molecule has 0 saturated carbocycles. The second-order valence-electron chi connectivity index (χ2n) is 7.47. The number of fused-ring (bicyclic) bond motifs is 1. The van der Waals surface area contributed by atoms with Crippen LogP contribution in [-0.2, 0) is 6.42 Å². The van der Waals surface area contributed by atoms with Crippen molar-refractivity contribution in [3.63, 3.8) is 0 Å². The highest BCUT2D eigenvalue weighted by Gasteiger charge is 2.17. The van der Waals surface area contributed by atoms with E-state index >= 15 is 0 Å². The molecule has 7 nitrogen and oxygen atoms in total. The van der Waals surface area contributed by atoms with Crippen LogP contribution in [0, 0.1) is 0 Å². The molecule has 0 saturated heterocycles. The monoisotopic (exact) mass is 388 g/mol. The van der Waals surface area contributed by atoms with Gasteiger partial charge in [0.15, 0.2) is 17.3 Å². The molecule has 4 aromatic rings. The summed E-state index contributed by atoms with van der Waals surface area (Å²) < 4.78 is 2.05. The third-order valence-corrected chi connectivity index (χ3v) is 4.76. The first-order valence-corrected chi connectivity index (χ1v) is 9.70. The molecular weight excluding hydrogens is 364 g/mol. The minimum Gasteiger partial charge on any atom is -0.508 e. The van der Waals surface area contributed by atoms with Gasteiger partial charge in [-0.2, -0.15) is 0 Å². The van der Waals surface area contributed by atoms with Crippen molar-refractivity contribution in [2.24, 2.45) is 0 Å². The molecule has 4 rings (SSSR count). The Bertz CT molecular complexity index is 1110. The minimum absolute atomic E-state index is 0.114. The molecule has 1 atom stereocenters. The van der Waals surface area contributed by atoms with Gasteiger partial charge < -0.3 is 15.0 Å². The second kappa shape index (κ2) is 7.87. The van der Waals surface area contributed by atoms with E-state index in [0.717, 1.165) is 28.7 Å². The number of rotatable bonds is 6. The van der Waals surface area contributed by atoms with Gasteiger partial charge in [-0.1, -0.05) is 12.1 Å². The highest BCUT2D eigenvalue weighted by molar-refractivity contribution is 5.85. The van der Waals surface area contributed by atoms with Gasteiger partial charge in [-0.25, -0.2) is 15.0 Å². The number of aromatic hydroxyl groups is 1. The van der Waals surface area contributed by atoms with E-state index < -0.39 is 0 Å². The van der Waals surface area contributed by atoms with E-state index in [0.29, 0.717) is 11.6 Å². The molecule has 0 radical (unpaired) electrons. The van der Waals surface area contributed by atoms with Crippen LogP contribution in [0.25, 0.3) is 22.6 Å². The quantitative estimate of drug-likeness (QED) is 0.514. The maximum atomic E-state index is 9.48. The van der Waals surface area contributed by atoms with Crippen molar-refractivity contribution in [3.8, 4) is 17.1 Å². The van der Waals surface area contributed by atoms with Crippen LogP contribution in [0.3, 0.4) is 0 Å². The Kier molecular flexibility index (Phi) is 5.12. The molecular formula is C22H24N6O. The molecule has 2 N–H and O–H groups in total. The number of anilines is 1. The van der Waals surface area contributed by atoms with Gasteiger partial charge in [0.25, 0.3) is 0 Å². The van der Waals surface area contributed by atoms with Crippen LogP contribution in [-0.4, -0.2) is 35.7 Å². The SMILES string of the molecule is CC(Cc1ccc(O)cc1)Nc1nc(-c2cccnc2)nc2c1ncn2C(C)C. The number of phenols is 1. The third kappa shape index (κ3) is 4.03. The summed E-state index contributed by atoms with van der Waals surface area (Å²) in [6.07, 6.45) is 6.10. The van der Waals surface area contributed by atoms with Crippen LogP contribution >= 0.6 is 0 Å². The predicted molar refractivity (Wildman–Crippen MR) is 114 cm³/mol. The maximum absolute atomic E-state index is 9.48. The highest BCUT2D eigenvalue weighted by Crippen LogP contribution is 2.26. The summed E-state index contributed by atoms with van der Waals surface area (Å²) in [5.41, 5.74) is 3.55. The van der Waals surface area contributed by atoms with Crippen molar-refractivity contribution in [1.82, 2.24) is 24.5 Å². The van der Waals surface area contributed by atoms with Gasteiger partial charge in [0.1, 0.15) is 11.3 Å². The Labute approximate surface area is 169 Å². The molecule has 148 valence electrons. The minimum atomic E-state index is 0.114. The number of hydrogen-bond donors (Lipinski definition) is 2. The van der Waals surface area contributed by atoms with Crippen molar-refractivity contribution in [3.05, 3.63) is 60.7 Å². The van der Waals surface area contributed by atoms with Gasteiger partial charge in [0.05, 0.1) is 6.33 Å². The second-order valence-corrected chi connectivity index (χ2v) is 7.47. The Hall–Kier alpha value is -3.48.